The maximum atomic E-state index is 13.3. The first kappa shape index (κ1) is 22.8. The Kier molecular flexibility index (Phi) is 6.98. The average molecular weight is 470 g/mol. The number of aromatic nitrogens is 2. The van der Waals surface area contributed by atoms with Crippen LogP contribution in [0.1, 0.15) is 28.9 Å². The number of esters is 1. The molecule has 0 unspecified atom stereocenters. The first-order valence-corrected chi connectivity index (χ1v) is 11.7. The molecule has 0 N–H and O–H groups in total. The molecule has 1 aromatic heterocycles. The van der Waals surface area contributed by atoms with E-state index in [4.69, 9.17) is 9.47 Å². The van der Waals surface area contributed by atoms with E-state index in [9.17, 15) is 14.0 Å². The Morgan fingerprint density at radius 2 is 1.85 bits per heavy atom. The number of imidazole rings is 1. The zero-order valence-electron chi connectivity index (χ0n) is 18.4. The van der Waals surface area contributed by atoms with Crippen molar-refractivity contribution < 1.29 is 23.5 Å². The van der Waals surface area contributed by atoms with Gasteiger partial charge in [0.25, 0.3) is 5.91 Å². The van der Waals surface area contributed by atoms with Crippen LogP contribution in [0.5, 0.6) is 5.75 Å². The van der Waals surface area contributed by atoms with Gasteiger partial charge in [-0.1, -0.05) is 23.9 Å². The van der Waals surface area contributed by atoms with E-state index < -0.39 is 5.97 Å². The van der Waals surface area contributed by atoms with Crippen LogP contribution in [0.25, 0.3) is 5.69 Å². The van der Waals surface area contributed by atoms with Crippen molar-refractivity contribution in [1.82, 2.24) is 14.5 Å². The SMILES string of the molecule is COc1ccc(CN(C(=O)COC(=O)c2cnc(SC)n2-c2ccc(F)cc2)C2CC2)cc1. The monoisotopic (exact) mass is 469 g/mol. The summed E-state index contributed by atoms with van der Waals surface area (Å²) in [7, 11) is 1.60. The molecule has 0 saturated heterocycles. The number of ether oxygens (including phenoxy) is 2. The zero-order valence-corrected chi connectivity index (χ0v) is 19.2. The fourth-order valence-corrected chi connectivity index (χ4v) is 4.03. The predicted molar refractivity (Wildman–Crippen MR) is 122 cm³/mol. The average Bonchev–Trinajstić information content (AvgIpc) is 3.59. The third-order valence-electron chi connectivity index (χ3n) is 5.35. The molecule has 4 rings (SSSR count). The first-order valence-electron chi connectivity index (χ1n) is 10.5. The molecule has 1 fully saturated rings. The van der Waals surface area contributed by atoms with Crippen LogP contribution in [0.3, 0.4) is 0 Å². The molecule has 0 aliphatic heterocycles. The number of thioether (sulfide) groups is 1. The van der Waals surface area contributed by atoms with E-state index >= 15 is 0 Å². The Morgan fingerprint density at radius 1 is 1.15 bits per heavy atom. The number of halogens is 1. The van der Waals surface area contributed by atoms with Gasteiger partial charge in [-0.15, -0.1) is 0 Å². The van der Waals surface area contributed by atoms with Gasteiger partial charge in [0.15, 0.2) is 17.5 Å². The van der Waals surface area contributed by atoms with Gasteiger partial charge in [-0.3, -0.25) is 9.36 Å². The van der Waals surface area contributed by atoms with E-state index in [0.717, 1.165) is 24.2 Å². The van der Waals surface area contributed by atoms with Gasteiger partial charge in [0.1, 0.15) is 11.6 Å². The highest BCUT2D eigenvalue weighted by Crippen LogP contribution is 2.29. The molecule has 3 aromatic rings. The van der Waals surface area contributed by atoms with Gasteiger partial charge in [0.2, 0.25) is 0 Å². The molecule has 2 aromatic carbocycles. The summed E-state index contributed by atoms with van der Waals surface area (Å²) in [6.45, 7) is 0.0733. The Morgan fingerprint density at radius 3 is 2.45 bits per heavy atom. The van der Waals surface area contributed by atoms with Crippen LogP contribution in [0.15, 0.2) is 59.9 Å². The molecular formula is C24H24FN3O4S. The fraction of sp³-hybridized carbons (Fsp3) is 0.292. The minimum absolute atomic E-state index is 0.158. The van der Waals surface area contributed by atoms with Crippen LogP contribution in [0, 0.1) is 5.82 Å². The Hall–Kier alpha value is -3.33. The minimum Gasteiger partial charge on any atom is -0.497 e. The van der Waals surface area contributed by atoms with E-state index in [1.165, 1.54) is 30.1 Å². The summed E-state index contributed by atoms with van der Waals surface area (Å²) in [5.41, 5.74) is 1.73. The van der Waals surface area contributed by atoms with Gasteiger partial charge in [0.05, 0.1) is 13.3 Å². The molecule has 0 bridgehead atoms. The lowest BCUT2D eigenvalue weighted by Gasteiger charge is -2.22. The van der Waals surface area contributed by atoms with Gasteiger partial charge in [-0.2, -0.15) is 0 Å². The molecule has 33 heavy (non-hydrogen) atoms. The third kappa shape index (κ3) is 5.36. The van der Waals surface area contributed by atoms with Gasteiger partial charge in [0, 0.05) is 18.3 Å². The summed E-state index contributed by atoms with van der Waals surface area (Å²) in [6, 6.07) is 13.4. The van der Waals surface area contributed by atoms with Crippen molar-refractivity contribution in [1.29, 1.82) is 0 Å². The van der Waals surface area contributed by atoms with Crippen LogP contribution < -0.4 is 4.74 Å². The Bertz CT molecular complexity index is 1130. The van der Waals surface area contributed by atoms with Crippen molar-refractivity contribution in [3.63, 3.8) is 0 Å². The van der Waals surface area contributed by atoms with Gasteiger partial charge < -0.3 is 14.4 Å². The number of carbonyl (C=O) groups is 2. The number of benzene rings is 2. The van der Waals surface area contributed by atoms with Crippen molar-refractivity contribution in [2.75, 3.05) is 20.0 Å². The van der Waals surface area contributed by atoms with Crippen molar-refractivity contribution in [3.8, 4) is 11.4 Å². The summed E-state index contributed by atoms with van der Waals surface area (Å²) >= 11 is 1.34. The number of carbonyl (C=O) groups excluding carboxylic acids is 2. The van der Waals surface area contributed by atoms with E-state index in [1.54, 1.807) is 28.7 Å². The molecular weight excluding hydrogens is 445 g/mol. The molecule has 7 nitrogen and oxygen atoms in total. The smallest absolute Gasteiger partial charge is 0.357 e. The summed E-state index contributed by atoms with van der Waals surface area (Å²) < 4.78 is 25.5. The molecule has 0 atom stereocenters. The molecule has 172 valence electrons. The van der Waals surface area contributed by atoms with Crippen LogP contribution >= 0.6 is 11.8 Å². The summed E-state index contributed by atoms with van der Waals surface area (Å²) in [6.07, 6.45) is 5.10. The highest BCUT2D eigenvalue weighted by Gasteiger charge is 2.33. The molecule has 0 radical (unpaired) electrons. The highest BCUT2D eigenvalue weighted by molar-refractivity contribution is 7.98. The molecule has 9 heteroatoms. The second-order valence-electron chi connectivity index (χ2n) is 7.62. The number of hydrogen-bond acceptors (Lipinski definition) is 6. The van der Waals surface area contributed by atoms with Gasteiger partial charge in [-0.05, 0) is 61.1 Å². The van der Waals surface area contributed by atoms with Crippen LogP contribution in [0.2, 0.25) is 0 Å². The van der Waals surface area contributed by atoms with Crippen LogP contribution in [-0.4, -0.2) is 52.3 Å². The largest absolute Gasteiger partial charge is 0.497 e. The van der Waals surface area contributed by atoms with E-state index in [1.807, 2.05) is 30.5 Å². The van der Waals surface area contributed by atoms with Crippen molar-refractivity contribution >= 4 is 23.6 Å². The standard InChI is InChI=1S/C24H24FN3O4S/c1-31-20-11-3-16(4-12-20)14-27(18-9-10-18)22(29)15-32-23(30)21-13-26-24(33-2)28(21)19-7-5-17(25)6-8-19/h3-8,11-13,18H,9-10,14-15H2,1-2H3. The summed E-state index contributed by atoms with van der Waals surface area (Å²) in [4.78, 5) is 31.7. The quantitative estimate of drug-likeness (QED) is 0.347. The molecule has 1 aliphatic carbocycles. The third-order valence-corrected chi connectivity index (χ3v) is 6.01. The summed E-state index contributed by atoms with van der Waals surface area (Å²) in [5, 5.41) is 0.555. The minimum atomic E-state index is -0.666. The fourth-order valence-electron chi connectivity index (χ4n) is 3.48. The lowest BCUT2D eigenvalue weighted by Crippen LogP contribution is -2.36. The Balaban J connectivity index is 1.45. The molecule has 1 aliphatic rings. The van der Waals surface area contributed by atoms with Crippen LogP contribution in [-0.2, 0) is 16.1 Å². The van der Waals surface area contributed by atoms with Gasteiger partial charge >= 0.3 is 5.97 Å². The predicted octanol–water partition coefficient (Wildman–Crippen LogP) is 4.09. The second kappa shape index (κ2) is 10.1. The molecule has 1 saturated carbocycles. The second-order valence-corrected chi connectivity index (χ2v) is 8.39. The number of rotatable bonds is 9. The van der Waals surface area contributed by atoms with E-state index in [0.29, 0.717) is 17.4 Å². The van der Waals surface area contributed by atoms with E-state index in [2.05, 4.69) is 4.98 Å². The maximum Gasteiger partial charge on any atom is 0.357 e. The lowest BCUT2D eigenvalue weighted by atomic mass is 10.2. The Labute approximate surface area is 195 Å². The molecule has 1 heterocycles. The molecule has 1 amide bonds. The molecule has 0 spiro atoms. The first-order chi connectivity index (χ1) is 16.0. The van der Waals surface area contributed by atoms with Crippen molar-refractivity contribution in [3.05, 3.63) is 71.8 Å². The van der Waals surface area contributed by atoms with Crippen molar-refractivity contribution in [2.45, 2.75) is 30.6 Å². The van der Waals surface area contributed by atoms with E-state index in [-0.39, 0.29) is 30.1 Å². The number of nitrogens with zero attached hydrogens (tertiary/aromatic N) is 3. The maximum absolute atomic E-state index is 13.3. The number of methoxy groups -OCH3 is 1. The normalized spacial score (nSPS) is 12.9. The highest BCUT2D eigenvalue weighted by atomic mass is 32.2. The number of hydrogen-bond donors (Lipinski definition) is 0. The van der Waals surface area contributed by atoms with Gasteiger partial charge in [-0.25, -0.2) is 14.2 Å². The van der Waals surface area contributed by atoms with Crippen molar-refractivity contribution in [2.24, 2.45) is 0 Å². The topological polar surface area (TPSA) is 73.7 Å². The summed E-state index contributed by atoms with van der Waals surface area (Å²) in [5.74, 6) is -0.545. The van der Waals surface area contributed by atoms with Crippen LogP contribution in [0.4, 0.5) is 4.39 Å². The lowest BCUT2D eigenvalue weighted by molar-refractivity contribution is -0.135. The number of amides is 1. The zero-order chi connectivity index (χ0) is 23.4.